The van der Waals surface area contributed by atoms with E-state index in [9.17, 15) is 9.00 Å². The first-order valence-electron chi connectivity index (χ1n) is 4.53. The summed E-state index contributed by atoms with van der Waals surface area (Å²) in [5, 5.41) is 8.80. The normalized spacial score (nSPS) is 12.1. The van der Waals surface area contributed by atoms with Crippen LogP contribution in [0.1, 0.15) is 22.8 Å². The summed E-state index contributed by atoms with van der Waals surface area (Å²) in [5.41, 5.74) is 1.60. The number of rotatable bonds is 4. The summed E-state index contributed by atoms with van der Waals surface area (Å²) in [7, 11) is -1.10. The van der Waals surface area contributed by atoms with Crippen LogP contribution in [0.15, 0.2) is 18.2 Å². The molecule has 0 saturated heterocycles. The van der Waals surface area contributed by atoms with Crippen LogP contribution >= 0.6 is 0 Å². The summed E-state index contributed by atoms with van der Waals surface area (Å²) in [6.07, 6.45) is 0. The highest BCUT2D eigenvalue weighted by molar-refractivity contribution is 7.86. The first-order chi connectivity index (χ1) is 7.04. The highest BCUT2D eigenvalue weighted by Crippen LogP contribution is 2.15. The fourth-order valence-corrected chi connectivity index (χ4v) is 1.70. The molecule has 2 N–H and O–H groups in total. The Kier molecular flexibility index (Phi) is 3.85. The molecular formula is C10H13NO3S. The predicted octanol–water partition coefficient (Wildman–Crippen LogP) is 1.79. The largest absolute Gasteiger partial charge is 0.478 e. The Bertz CT molecular complexity index is 404. The molecule has 0 aliphatic carbocycles. The Morgan fingerprint density at radius 1 is 1.53 bits per heavy atom. The van der Waals surface area contributed by atoms with Crippen LogP contribution in [0.2, 0.25) is 0 Å². The van der Waals surface area contributed by atoms with Crippen molar-refractivity contribution in [2.75, 3.05) is 10.5 Å². The number of hydrogen-bond donors (Lipinski definition) is 2. The van der Waals surface area contributed by atoms with Gasteiger partial charge in [0.25, 0.3) is 0 Å². The number of aromatic carboxylic acids is 1. The second-order valence-corrected chi connectivity index (χ2v) is 4.54. The van der Waals surface area contributed by atoms with Gasteiger partial charge in [-0.3, -0.25) is 0 Å². The van der Waals surface area contributed by atoms with Crippen molar-refractivity contribution in [3.63, 3.8) is 0 Å². The monoisotopic (exact) mass is 227 g/mol. The van der Waals surface area contributed by atoms with Crippen molar-refractivity contribution in [2.24, 2.45) is 0 Å². The van der Waals surface area contributed by atoms with Crippen molar-refractivity contribution >= 4 is 22.6 Å². The summed E-state index contributed by atoms with van der Waals surface area (Å²) in [6.45, 7) is 3.52. The van der Waals surface area contributed by atoms with E-state index in [0.29, 0.717) is 17.0 Å². The minimum Gasteiger partial charge on any atom is -0.478 e. The molecule has 0 radical (unpaired) electrons. The number of hydrogen-bond acceptors (Lipinski definition) is 2. The van der Waals surface area contributed by atoms with Crippen LogP contribution in [0.25, 0.3) is 0 Å². The minimum atomic E-state index is -1.10. The second kappa shape index (κ2) is 4.93. The summed E-state index contributed by atoms with van der Waals surface area (Å²) >= 11 is 0. The fraction of sp³-hybridized carbons (Fsp3) is 0.300. The molecule has 82 valence electrons. The highest BCUT2D eigenvalue weighted by Gasteiger charge is 2.07. The zero-order valence-corrected chi connectivity index (χ0v) is 9.43. The summed E-state index contributed by atoms with van der Waals surface area (Å²) in [6, 6.07) is 4.80. The number of carbonyl (C=O) groups is 1. The molecule has 1 aromatic rings. The molecule has 4 nitrogen and oxygen atoms in total. The first kappa shape index (κ1) is 11.7. The Morgan fingerprint density at radius 3 is 2.67 bits per heavy atom. The van der Waals surface area contributed by atoms with Crippen LogP contribution in [0.5, 0.6) is 0 Å². The van der Waals surface area contributed by atoms with Gasteiger partial charge in [-0.15, -0.1) is 0 Å². The summed E-state index contributed by atoms with van der Waals surface area (Å²) in [4.78, 5) is 10.7. The third-order valence-electron chi connectivity index (χ3n) is 1.95. The molecule has 0 aliphatic heterocycles. The molecule has 0 aliphatic rings. The molecule has 1 atom stereocenters. The number of aryl methyl sites for hydroxylation is 1. The van der Waals surface area contributed by atoms with Gasteiger partial charge >= 0.3 is 5.97 Å². The average molecular weight is 227 g/mol. The van der Waals surface area contributed by atoms with Crippen LogP contribution in [0.3, 0.4) is 0 Å². The SMILES string of the molecule is CCS(=O)Nc1ccc(C(=O)O)c(C)c1. The molecule has 0 amide bonds. The van der Waals surface area contributed by atoms with Gasteiger partial charge in [0, 0.05) is 11.4 Å². The maximum absolute atomic E-state index is 11.2. The van der Waals surface area contributed by atoms with Crippen LogP contribution in [0.4, 0.5) is 5.69 Å². The van der Waals surface area contributed by atoms with Gasteiger partial charge in [0.05, 0.1) is 5.56 Å². The highest BCUT2D eigenvalue weighted by atomic mass is 32.2. The average Bonchev–Trinajstić information content (AvgIpc) is 2.17. The summed E-state index contributed by atoms with van der Waals surface area (Å²) in [5.74, 6) is -0.435. The van der Waals surface area contributed by atoms with Crippen LogP contribution < -0.4 is 4.72 Å². The Balaban J connectivity index is 2.91. The van der Waals surface area contributed by atoms with E-state index >= 15 is 0 Å². The molecular weight excluding hydrogens is 214 g/mol. The lowest BCUT2D eigenvalue weighted by atomic mass is 10.1. The smallest absolute Gasteiger partial charge is 0.335 e. The van der Waals surface area contributed by atoms with E-state index in [4.69, 9.17) is 5.11 Å². The van der Waals surface area contributed by atoms with Crippen LogP contribution in [0, 0.1) is 6.92 Å². The fourth-order valence-electron chi connectivity index (χ4n) is 1.17. The van der Waals surface area contributed by atoms with Crippen LogP contribution in [-0.4, -0.2) is 21.0 Å². The number of benzene rings is 1. The van der Waals surface area contributed by atoms with Crippen molar-refractivity contribution in [1.82, 2.24) is 0 Å². The van der Waals surface area contributed by atoms with E-state index in [1.807, 2.05) is 6.92 Å². The van der Waals surface area contributed by atoms with E-state index in [-0.39, 0.29) is 5.56 Å². The van der Waals surface area contributed by atoms with E-state index < -0.39 is 17.0 Å². The molecule has 0 fully saturated rings. The van der Waals surface area contributed by atoms with Crippen molar-refractivity contribution < 1.29 is 14.1 Å². The van der Waals surface area contributed by atoms with E-state index in [1.54, 1.807) is 19.1 Å². The Labute approximate surface area is 90.9 Å². The van der Waals surface area contributed by atoms with Gasteiger partial charge < -0.3 is 9.83 Å². The van der Waals surface area contributed by atoms with Gasteiger partial charge in [-0.25, -0.2) is 9.00 Å². The molecule has 0 spiro atoms. The predicted molar refractivity (Wildman–Crippen MR) is 60.4 cm³/mol. The van der Waals surface area contributed by atoms with E-state index in [1.165, 1.54) is 6.07 Å². The lowest BCUT2D eigenvalue weighted by Crippen LogP contribution is -2.07. The maximum Gasteiger partial charge on any atom is 0.335 e. The zero-order valence-electron chi connectivity index (χ0n) is 8.61. The first-order valence-corrected chi connectivity index (χ1v) is 5.85. The topological polar surface area (TPSA) is 66.4 Å². The molecule has 5 heteroatoms. The number of anilines is 1. The number of carboxylic acid groups (broad SMARTS) is 1. The molecule has 1 unspecified atom stereocenters. The number of carboxylic acids is 1. The van der Waals surface area contributed by atoms with Gasteiger partial charge in [0.2, 0.25) is 0 Å². The Hall–Kier alpha value is -1.36. The maximum atomic E-state index is 11.2. The molecule has 0 saturated carbocycles. The summed E-state index contributed by atoms with van der Waals surface area (Å²) < 4.78 is 14.0. The van der Waals surface area contributed by atoms with Crippen molar-refractivity contribution in [3.05, 3.63) is 29.3 Å². The Morgan fingerprint density at radius 2 is 2.20 bits per heavy atom. The zero-order chi connectivity index (χ0) is 11.4. The van der Waals surface area contributed by atoms with Crippen molar-refractivity contribution in [1.29, 1.82) is 0 Å². The van der Waals surface area contributed by atoms with Gasteiger partial charge in [0.1, 0.15) is 11.0 Å². The third kappa shape index (κ3) is 3.06. The molecule has 15 heavy (non-hydrogen) atoms. The standard InChI is InChI=1S/C10H13NO3S/c1-3-15(14)11-8-4-5-9(10(12)13)7(2)6-8/h4-6,11H,3H2,1-2H3,(H,12,13). The van der Waals surface area contributed by atoms with Crippen molar-refractivity contribution in [3.8, 4) is 0 Å². The molecule has 1 rings (SSSR count). The van der Waals surface area contributed by atoms with E-state index in [2.05, 4.69) is 4.72 Å². The van der Waals surface area contributed by atoms with E-state index in [0.717, 1.165) is 0 Å². The molecule has 0 heterocycles. The molecule has 1 aromatic carbocycles. The van der Waals surface area contributed by atoms with Crippen molar-refractivity contribution in [2.45, 2.75) is 13.8 Å². The van der Waals surface area contributed by atoms with Gasteiger partial charge in [-0.1, -0.05) is 6.92 Å². The third-order valence-corrected chi connectivity index (χ3v) is 2.94. The number of nitrogens with one attached hydrogen (secondary N) is 1. The van der Waals surface area contributed by atoms with Crippen LogP contribution in [-0.2, 0) is 11.0 Å². The quantitative estimate of drug-likeness (QED) is 0.824. The second-order valence-electron chi connectivity index (χ2n) is 3.07. The minimum absolute atomic E-state index is 0.267. The van der Waals surface area contributed by atoms with Gasteiger partial charge in [-0.2, -0.15) is 0 Å². The van der Waals surface area contributed by atoms with Gasteiger partial charge in [0.15, 0.2) is 0 Å². The lowest BCUT2D eigenvalue weighted by Gasteiger charge is -2.06. The molecule has 0 aromatic heterocycles. The molecule has 0 bridgehead atoms. The lowest BCUT2D eigenvalue weighted by molar-refractivity contribution is 0.0696. The van der Waals surface area contributed by atoms with Gasteiger partial charge in [-0.05, 0) is 30.7 Å².